The molecule has 2 aromatic rings. The predicted molar refractivity (Wildman–Crippen MR) is 127 cm³/mol. The summed E-state index contributed by atoms with van der Waals surface area (Å²) in [7, 11) is 3.09. The lowest BCUT2D eigenvalue weighted by Crippen LogP contribution is -2.44. The van der Waals surface area contributed by atoms with Crippen LogP contribution in [0.15, 0.2) is 45.8 Å². The molecule has 1 saturated heterocycles. The molecule has 0 saturated carbocycles. The first kappa shape index (κ1) is 23.1. The molecule has 10 heteroatoms. The number of hydrazine groups is 1. The molecule has 1 fully saturated rings. The van der Waals surface area contributed by atoms with Crippen LogP contribution >= 0.6 is 39.9 Å². The van der Waals surface area contributed by atoms with E-state index in [-0.39, 0.29) is 4.32 Å². The van der Waals surface area contributed by atoms with E-state index in [1.807, 2.05) is 13.0 Å². The van der Waals surface area contributed by atoms with Gasteiger partial charge in [0, 0.05) is 5.56 Å². The molecule has 0 aromatic heterocycles. The summed E-state index contributed by atoms with van der Waals surface area (Å²) < 4.78 is 17.0. The lowest BCUT2D eigenvalue weighted by molar-refractivity contribution is -0.123. The summed E-state index contributed by atoms with van der Waals surface area (Å²) >= 11 is 9.86. The van der Waals surface area contributed by atoms with Crippen LogP contribution in [-0.2, 0) is 4.79 Å². The van der Waals surface area contributed by atoms with Crippen LogP contribution in [0.1, 0.15) is 22.8 Å². The normalized spacial score (nSPS) is 14.7. The molecule has 0 atom stereocenters. The number of ether oxygens (including phenoxy) is 3. The number of amides is 2. The van der Waals surface area contributed by atoms with Crippen molar-refractivity contribution in [1.82, 2.24) is 10.4 Å². The maximum absolute atomic E-state index is 12.8. The average Bonchev–Trinajstić information content (AvgIpc) is 3.02. The average molecular weight is 523 g/mol. The zero-order valence-electron chi connectivity index (χ0n) is 16.9. The fourth-order valence-corrected chi connectivity index (χ4v) is 4.49. The maximum Gasteiger partial charge on any atom is 0.285 e. The molecule has 7 nitrogen and oxygen atoms in total. The number of methoxy groups -OCH3 is 2. The van der Waals surface area contributed by atoms with Gasteiger partial charge in [-0.1, -0.05) is 11.8 Å². The van der Waals surface area contributed by atoms with Crippen LogP contribution < -0.4 is 19.6 Å². The van der Waals surface area contributed by atoms with Gasteiger partial charge in [0.15, 0.2) is 15.8 Å². The third-order valence-electron chi connectivity index (χ3n) is 4.20. The summed E-state index contributed by atoms with van der Waals surface area (Å²) in [5, 5.41) is 1.07. The Hall–Kier alpha value is -2.56. The highest BCUT2D eigenvalue weighted by Crippen LogP contribution is 2.39. The summed E-state index contributed by atoms with van der Waals surface area (Å²) in [6.07, 6.45) is 1.68. The number of nitrogens with zero attached hydrogens (tertiary/aromatic N) is 1. The van der Waals surface area contributed by atoms with Crippen molar-refractivity contribution in [1.29, 1.82) is 0 Å². The van der Waals surface area contributed by atoms with Gasteiger partial charge in [-0.3, -0.25) is 15.0 Å². The van der Waals surface area contributed by atoms with E-state index in [0.29, 0.717) is 44.4 Å². The second-order valence-corrected chi connectivity index (χ2v) is 8.68. The third kappa shape index (κ3) is 5.20. The Bertz CT molecular complexity index is 1060. The van der Waals surface area contributed by atoms with Gasteiger partial charge >= 0.3 is 0 Å². The lowest BCUT2D eigenvalue weighted by atomic mass is 10.2. The quantitative estimate of drug-likeness (QED) is 0.426. The Morgan fingerprint density at radius 1 is 1.23 bits per heavy atom. The molecule has 2 aromatic carbocycles. The number of halogens is 1. The molecule has 0 bridgehead atoms. The minimum absolute atomic E-state index is 0.232. The van der Waals surface area contributed by atoms with Crippen LogP contribution in [0.2, 0.25) is 0 Å². The van der Waals surface area contributed by atoms with Crippen molar-refractivity contribution in [2.45, 2.75) is 6.92 Å². The maximum atomic E-state index is 12.8. The Balaban J connectivity index is 1.80. The lowest BCUT2D eigenvalue weighted by Gasteiger charge is -2.15. The molecule has 1 aliphatic heterocycles. The van der Waals surface area contributed by atoms with Crippen molar-refractivity contribution in [3.63, 3.8) is 0 Å². The molecule has 0 radical (unpaired) electrons. The number of carbonyl (C=O) groups excluding carboxylic acids is 2. The van der Waals surface area contributed by atoms with E-state index < -0.39 is 11.8 Å². The summed E-state index contributed by atoms with van der Waals surface area (Å²) in [6, 6.07) is 10.1. The van der Waals surface area contributed by atoms with Crippen LogP contribution in [0.3, 0.4) is 0 Å². The molecular weight excluding hydrogens is 504 g/mol. The van der Waals surface area contributed by atoms with Crippen LogP contribution in [0.5, 0.6) is 17.2 Å². The standard InChI is InChI=1S/C21H19BrN2O5S2/c1-4-29-18-15(22)9-12(10-16(18)28-3)11-17-20(26)24(21(30)31-17)23-19(25)13-5-7-14(27-2)8-6-13/h5-11H,4H2,1-3H3,(H,23,25)/b17-11+. The highest BCUT2D eigenvalue weighted by atomic mass is 79.9. The van der Waals surface area contributed by atoms with Crippen molar-refractivity contribution in [3.8, 4) is 17.2 Å². The molecule has 3 rings (SSSR count). The number of thiocarbonyl (C=S) groups is 1. The highest BCUT2D eigenvalue weighted by molar-refractivity contribution is 9.10. The molecular formula is C21H19BrN2O5S2. The van der Waals surface area contributed by atoms with E-state index in [0.717, 1.165) is 16.8 Å². The first-order valence-electron chi connectivity index (χ1n) is 9.11. The topological polar surface area (TPSA) is 77.1 Å². The number of benzene rings is 2. The van der Waals surface area contributed by atoms with Gasteiger partial charge in [-0.25, -0.2) is 0 Å². The van der Waals surface area contributed by atoms with Gasteiger partial charge in [0.2, 0.25) is 0 Å². The summed E-state index contributed by atoms with van der Waals surface area (Å²) in [5.41, 5.74) is 3.65. The largest absolute Gasteiger partial charge is 0.497 e. The van der Waals surface area contributed by atoms with Crippen LogP contribution in [0.4, 0.5) is 0 Å². The van der Waals surface area contributed by atoms with Crippen LogP contribution in [0, 0.1) is 0 Å². The van der Waals surface area contributed by atoms with Crippen molar-refractivity contribution < 1.29 is 23.8 Å². The summed E-state index contributed by atoms with van der Waals surface area (Å²) in [5.74, 6) is 0.876. The Morgan fingerprint density at radius 3 is 2.55 bits per heavy atom. The molecule has 1 N–H and O–H groups in total. The van der Waals surface area contributed by atoms with E-state index in [4.69, 9.17) is 26.4 Å². The smallest absolute Gasteiger partial charge is 0.285 e. The van der Waals surface area contributed by atoms with Gasteiger partial charge in [0.25, 0.3) is 11.8 Å². The van der Waals surface area contributed by atoms with E-state index >= 15 is 0 Å². The second-order valence-electron chi connectivity index (χ2n) is 6.15. The fourth-order valence-electron chi connectivity index (χ4n) is 2.73. The number of hydrogen-bond acceptors (Lipinski definition) is 7. The highest BCUT2D eigenvalue weighted by Gasteiger charge is 2.34. The van der Waals surface area contributed by atoms with Crippen molar-refractivity contribution in [2.24, 2.45) is 0 Å². The number of rotatable bonds is 7. The van der Waals surface area contributed by atoms with E-state index in [2.05, 4.69) is 21.4 Å². The van der Waals surface area contributed by atoms with E-state index in [1.165, 1.54) is 0 Å². The van der Waals surface area contributed by atoms with Crippen molar-refractivity contribution >= 4 is 62.1 Å². The summed E-state index contributed by atoms with van der Waals surface area (Å²) in [6.45, 7) is 2.37. The zero-order chi connectivity index (χ0) is 22.5. The van der Waals surface area contributed by atoms with Gasteiger partial charge in [-0.05, 0) is 83.1 Å². The van der Waals surface area contributed by atoms with E-state index in [1.54, 1.807) is 50.6 Å². The van der Waals surface area contributed by atoms with E-state index in [9.17, 15) is 9.59 Å². The second kappa shape index (κ2) is 10.2. The SMILES string of the molecule is CCOc1c(Br)cc(/C=C2/SC(=S)N(NC(=O)c3ccc(OC)cc3)C2=O)cc1OC. The molecule has 31 heavy (non-hydrogen) atoms. The Kier molecular flexibility index (Phi) is 7.58. The minimum atomic E-state index is -0.453. The first-order chi connectivity index (χ1) is 14.9. The van der Waals surface area contributed by atoms with Gasteiger partial charge in [-0.2, -0.15) is 5.01 Å². The Labute approximate surface area is 197 Å². The fraction of sp³-hybridized carbons (Fsp3) is 0.190. The zero-order valence-corrected chi connectivity index (χ0v) is 20.2. The van der Waals surface area contributed by atoms with Crippen LogP contribution in [-0.4, -0.2) is 42.0 Å². The van der Waals surface area contributed by atoms with Gasteiger partial charge in [0.05, 0.1) is 30.2 Å². The number of nitrogens with one attached hydrogen (secondary N) is 1. The van der Waals surface area contributed by atoms with Crippen LogP contribution in [0.25, 0.3) is 6.08 Å². The molecule has 1 aliphatic rings. The number of thioether (sulfide) groups is 1. The monoisotopic (exact) mass is 522 g/mol. The predicted octanol–water partition coefficient (Wildman–Crippen LogP) is 4.41. The molecule has 2 amide bonds. The minimum Gasteiger partial charge on any atom is -0.497 e. The Morgan fingerprint density at radius 2 is 1.94 bits per heavy atom. The molecule has 0 unspecified atom stereocenters. The van der Waals surface area contributed by atoms with Crippen molar-refractivity contribution in [2.75, 3.05) is 20.8 Å². The van der Waals surface area contributed by atoms with Crippen molar-refractivity contribution in [3.05, 3.63) is 56.9 Å². The van der Waals surface area contributed by atoms with Gasteiger partial charge in [-0.15, -0.1) is 0 Å². The van der Waals surface area contributed by atoms with Gasteiger partial charge in [0.1, 0.15) is 5.75 Å². The molecule has 1 heterocycles. The number of hydrogen-bond donors (Lipinski definition) is 1. The molecule has 0 aliphatic carbocycles. The summed E-state index contributed by atoms with van der Waals surface area (Å²) in [4.78, 5) is 25.7. The third-order valence-corrected chi connectivity index (χ3v) is 6.09. The first-order valence-corrected chi connectivity index (χ1v) is 11.1. The molecule has 162 valence electrons. The number of carbonyl (C=O) groups is 2. The van der Waals surface area contributed by atoms with Gasteiger partial charge < -0.3 is 14.2 Å². The molecule has 0 spiro atoms.